The SMILES string of the molecule is CC1CN(C(=O)N2CCc3ccc(-c4ccc(C(F)(F)F)cc4)cc3C2)C1. The second-order valence-corrected chi connectivity index (χ2v) is 7.52. The van der Waals surface area contributed by atoms with Gasteiger partial charge in [0.15, 0.2) is 0 Å². The summed E-state index contributed by atoms with van der Waals surface area (Å²) in [4.78, 5) is 16.3. The van der Waals surface area contributed by atoms with Crippen LogP contribution in [0.15, 0.2) is 42.5 Å². The van der Waals surface area contributed by atoms with Crippen molar-refractivity contribution in [1.29, 1.82) is 0 Å². The zero-order chi connectivity index (χ0) is 19.2. The number of urea groups is 1. The number of halogens is 3. The lowest BCUT2D eigenvalue weighted by atomic mass is 9.94. The highest BCUT2D eigenvalue weighted by Gasteiger charge is 2.32. The first kappa shape index (κ1) is 17.9. The molecule has 4 rings (SSSR count). The van der Waals surface area contributed by atoms with Crippen LogP contribution in [0.1, 0.15) is 23.6 Å². The van der Waals surface area contributed by atoms with E-state index in [2.05, 4.69) is 6.92 Å². The molecule has 2 aromatic carbocycles. The van der Waals surface area contributed by atoms with Gasteiger partial charge < -0.3 is 9.80 Å². The molecule has 2 aliphatic heterocycles. The van der Waals surface area contributed by atoms with Gasteiger partial charge in [-0.1, -0.05) is 31.2 Å². The normalized spacial score (nSPS) is 17.5. The van der Waals surface area contributed by atoms with Crippen molar-refractivity contribution in [1.82, 2.24) is 9.80 Å². The van der Waals surface area contributed by atoms with Crippen LogP contribution in [-0.2, 0) is 19.1 Å². The fourth-order valence-electron chi connectivity index (χ4n) is 3.81. The van der Waals surface area contributed by atoms with Crippen molar-refractivity contribution >= 4 is 6.03 Å². The molecule has 0 bridgehead atoms. The third kappa shape index (κ3) is 3.53. The number of benzene rings is 2. The highest BCUT2D eigenvalue weighted by atomic mass is 19.4. The molecule has 2 amide bonds. The Morgan fingerprint density at radius 2 is 1.63 bits per heavy atom. The van der Waals surface area contributed by atoms with Crippen LogP contribution in [0.3, 0.4) is 0 Å². The minimum Gasteiger partial charge on any atom is -0.324 e. The number of hydrogen-bond acceptors (Lipinski definition) is 1. The fraction of sp³-hybridized carbons (Fsp3) is 0.381. The Morgan fingerprint density at radius 3 is 2.26 bits per heavy atom. The van der Waals surface area contributed by atoms with E-state index < -0.39 is 11.7 Å². The Balaban J connectivity index is 1.53. The molecule has 0 unspecified atom stereocenters. The predicted octanol–water partition coefficient (Wildman–Crippen LogP) is 4.80. The lowest BCUT2D eigenvalue weighted by molar-refractivity contribution is -0.137. The van der Waals surface area contributed by atoms with E-state index in [-0.39, 0.29) is 6.03 Å². The van der Waals surface area contributed by atoms with E-state index in [1.807, 2.05) is 28.0 Å². The number of carbonyl (C=O) groups excluding carboxylic acids is 1. The number of nitrogens with zero attached hydrogens (tertiary/aromatic N) is 2. The molecule has 0 atom stereocenters. The van der Waals surface area contributed by atoms with Gasteiger partial charge in [-0.15, -0.1) is 0 Å². The van der Waals surface area contributed by atoms with E-state index >= 15 is 0 Å². The largest absolute Gasteiger partial charge is 0.416 e. The van der Waals surface area contributed by atoms with Gasteiger partial charge in [-0.25, -0.2) is 4.79 Å². The Kier molecular flexibility index (Phi) is 4.36. The van der Waals surface area contributed by atoms with Crippen molar-refractivity contribution in [3.8, 4) is 11.1 Å². The molecule has 0 aromatic heterocycles. The van der Waals surface area contributed by atoms with Crippen molar-refractivity contribution in [2.24, 2.45) is 5.92 Å². The third-order valence-electron chi connectivity index (χ3n) is 5.37. The molecule has 1 saturated heterocycles. The standard InChI is InChI=1S/C21H21F3N2O/c1-14-11-26(12-14)20(27)25-9-8-16-2-3-17(10-18(16)13-25)15-4-6-19(7-5-15)21(22,23)24/h2-7,10,14H,8-9,11-13H2,1H3. The highest BCUT2D eigenvalue weighted by molar-refractivity contribution is 5.76. The number of likely N-dealkylation sites (tertiary alicyclic amines) is 1. The van der Waals surface area contributed by atoms with Crippen LogP contribution >= 0.6 is 0 Å². The van der Waals surface area contributed by atoms with Gasteiger partial charge in [0.1, 0.15) is 0 Å². The van der Waals surface area contributed by atoms with Crippen LogP contribution in [0.4, 0.5) is 18.0 Å². The molecule has 0 radical (unpaired) electrons. The quantitative estimate of drug-likeness (QED) is 0.703. The van der Waals surface area contributed by atoms with Gasteiger partial charge in [0.05, 0.1) is 5.56 Å². The zero-order valence-corrected chi connectivity index (χ0v) is 15.1. The Morgan fingerprint density at radius 1 is 0.963 bits per heavy atom. The van der Waals surface area contributed by atoms with Crippen LogP contribution in [0.2, 0.25) is 0 Å². The monoisotopic (exact) mass is 374 g/mol. The van der Waals surface area contributed by atoms with E-state index in [9.17, 15) is 18.0 Å². The number of carbonyl (C=O) groups is 1. The van der Waals surface area contributed by atoms with Crippen LogP contribution in [0, 0.1) is 5.92 Å². The lowest BCUT2D eigenvalue weighted by Crippen LogP contribution is -2.54. The van der Waals surface area contributed by atoms with Gasteiger partial charge in [0, 0.05) is 26.2 Å². The van der Waals surface area contributed by atoms with Crippen LogP contribution < -0.4 is 0 Å². The molecule has 27 heavy (non-hydrogen) atoms. The van der Waals surface area contributed by atoms with Crippen molar-refractivity contribution in [2.75, 3.05) is 19.6 Å². The average molecular weight is 374 g/mol. The van der Waals surface area contributed by atoms with Crippen molar-refractivity contribution in [3.63, 3.8) is 0 Å². The summed E-state index contributed by atoms with van der Waals surface area (Å²) in [6.45, 7) is 5.01. The van der Waals surface area contributed by atoms with Crippen LogP contribution in [0.25, 0.3) is 11.1 Å². The first-order valence-electron chi connectivity index (χ1n) is 9.14. The second-order valence-electron chi connectivity index (χ2n) is 7.52. The predicted molar refractivity (Wildman–Crippen MR) is 97.1 cm³/mol. The molecule has 1 fully saturated rings. The number of rotatable bonds is 1. The van der Waals surface area contributed by atoms with Gasteiger partial charge in [0.2, 0.25) is 0 Å². The first-order chi connectivity index (χ1) is 12.8. The van der Waals surface area contributed by atoms with Gasteiger partial charge in [-0.3, -0.25) is 0 Å². The maximum absolute atomic E-state index is 12.7. The van der Waals surface area contributed by atoms with Crippen LogP contribution in [0.5, 0.6) is 0 Å². The number of fused-ring (bicyclic) bond motifs is 1. The van der Waals surface area contributed by atoms with Crippen molar-refractivity contribution < 1.29 is 18.0 Å². The van der Waals surface area contributed by atoms with Gasteiger partial charge >= 0.3 is 12.2 Å². The smallest absolute Gasteiger partial charge is 0.324 e. The molecule has 2 aliphatic rings. The number of alkyl halides is 3. The Hall–Kier alpha value is -2.50. The molecule has 142 valence electrons. The van der Waals surface area contributed by atoms with E-state index in [0.29, 0.717) is 19.0 Å². The van der Waals surface area contributed by atoms with Crippen molar-refractivity contribution in [3.05, 3.63) is 59.2 Å². The van der Waals surface area contributed by atoms with Gasteiger partial charge in [0.25, 0.3) is 0 Å². The molecule has 0 spiro atoms. The summed E-state index contributed by atoms with van der Waals surface area (Å²) in [5, 5.41) is 0. The molecule has 0 saturated carbocycles. The maximum Gasteiger partial charge on any atom is 0.416 e. The third-order valence-corrected chi connectivity index (χ3v) is 5.37. The van der Waals surface area contributed by atoms with Crippen molar-refractivity contribution in [2.45, 2.75) is 26.1 Å². The van der Waals surface area contributed by atoms with E-state index in [0.717, 1.165) is 48.3 Å². The fourth-order valence-corrected chi connectivity index (χ4v) is 3.81. The molecule has 6 heteroatoms. The summed E-state index contributed by atoms with van der Waals surface area (Å²) in [5.74, 6) is 0.567. The number of amides is 2. The molecule has 0 N–H and O–H groups in total. The zero-order valence-electron chi connectivity index (χ0n) is 15.1. The first-order valence-corrected chi connectivity index (χ1v) is 9.14. The Bertz CT molecular complexity index is 855. The molecule has 2 heterocycles. The molecular formula is C21H21F3N2O. The lowest BCUT2D eigenvalue weighted by Gasteiger charge is -2.41. The summed E-state index contributed by atoms with van der Waals surface area (Å²) in [6.07, 6.45) is -3.53. The van der Waals surface area contributed by atoms with E-state index in [1.165, 1.54) is 17.7 Å². The number of hydrogen-bond donors (Lipinski definition) is 0. The summed E-state index contributed by atoms with van der Waals surface area (Å²) in [5.41, 5.74) is 3.23. The summed E-state index contributed by atoms with van der Waals surface area (Å²) >= 11 is 0. The minimum atomic E-state index is -4.33. The summed E-state index contributed by atoms with van der Waals surface area (Å²) < 4.78 is 38.2. The van der Waals surface area contributed by atoms with Gasteiger partial charge in [-0.05, 0) is 52.8 Å². The topological polar surface area (TPSA) is 23.6 Å². The minimum absolute atomic E-state index is 0.0821. The molecule has 3 nitrogen and oxygen atoms in total. The van der Waals surface area contributed by atoms with Crippen LogP contribution in [-0.4, -0.2) is 35.5 Å². The Labute approximate surface area is 156 Å². The van der Waals surface area contributed by atoms with Gasteiger partial charge in [-0.2, -0.15) is 13.2 Å². The second kappa shape index (κ2) is 6.59. The summed E-state index contributed by atoms with van der Waals surface area (Å²) in [6, 6.07) is 11.3. The molecule has 2 aromatic rings. The maximum atomic E-state index is 12.7. The van der Waals surface area contributed by atoms with E-state index in [4.69, 9.17) is 0 Å². The highest BCUT2D eigenvalue weighted by Crippen LogP contribution is 2.32. The average Bonchev–Trinajstić information content (AvgIpc) is 2.63. The summed E-state index contributed by atoms with van der Waals surface area (Å²) in [7, 11) is 0. The van der Waals surface area contributed by atoms with E-state index in [1.54, 1.807) is 0 Å². The molecule has 0 aliphatic carbocycles. The molecular weight excluding hydrogens is 353 g/mol.